The molecule has 0 radical (unpaired) electrons. The van der Waals surface area contributed by atoms with Crippen LogP contribution in [-0.2, 0) is 14.3 Å². The molecular weight excluding hydrogens is 204 g/mol. The molecule has 2 saturated carbocycles. The Kier molecular flexibility index (Phi) is 2.37. The maximum absolute atomic E-state index is 11.6. The fraction of sp³-hybridized carbons (Fsp3) is 0.923. The molecule has 0 amide bonds. The minimum atomic E-state index is -0.420. The average molecular weight is 224 g/mol. The zero-order valence-electron chi connectivity index (χ0n) is 10.1. The van der Waals surface area contributed by atoms with Crippen LogP contribution in [0.15, 0.2) is 0 Å². The molecule has 0 aromatic carbocycles. The molecule has 0 bridgehead atoms. The van der Waals surface area contributed by atoms with Gasteiger partial charge in [-0.05, 0) is 44.9 Å². The van der Waals surface area contributed by atoms with Crippen LogP contribution in [0.2, 0.25) is 0 Å². The Morgan fingerprint density at radius 3 is 2.94 bits per heavy atom. The highest BCUT2D eigenvalue weighted by molar-refractivity contribution is 5.79. The Bertz CT molecular complexity index is 310. The minimum absolute atomic E-state index is 0.232. The second kappa shape index (κ2) is 3.54. The Morgan fingerprint density at radius 2 is 2.12 bits per heavy atom. The van der Waals surface area contributed by atoms with Crippen molar-refractivity contribution in [2.45, 2.75) is 63.9 Å². The first-order valence-corrected chi connectivity index (χ1v) is 6.42. The van der Waals surface area contributed by atoms with E-state index in [1.54, 1.807) is 0 Å². The van der Waals surface area contributed by atoms with Gasteiger partial charge in [-0.3, -0.25) is 4.79 Å². The number of ketones is 1. The van der Waals surface area contributed by atoms with Gasteiger partial charge in [-0.1, -0.05) is 0 Å². The van der Waals surface area contributed by atoms with Crippen LogP contribution in [0.1, 0.15) is 46.0 Å². The van der Waals surface area contributed by atoms with Gasteiger partial charge in [0.1, 0.15) is 5.78 Å². The van der Waals surface area contributed by atoms with E-state index in [0.717, 1.165) is 32.1 Å². The summed E-state index contributed by atoms with van der Waals surface area (Å²) >= 11 is 0. The van der Waals surface area contributed by atoms with Crippen molar-refractivity contribution in [1.82, 2.24) is 0 Å². The molecule has 0 aromatic heterocycles. The monoisotopic (exact) mass is 224 g/mol. The standard InChI is InChI=1S/C13H20O3/c1-13(2)15-11-7-8-6-9(14)4-3-5-10(8)12(11)16-13/h8,10-12H,3-7H2,1-2H3/t8-,10-,11-,12+/m0/s1. The van der Waals surface area contributed by atoms with Crippen LogP contribution in [0.25, 0.3) is 0 Å². The summed E-state index contributed by atoms with van der Waals surface area (Å²) in [5, 5.41) is 0. The summed E-state index contributed by atoms with van der Waals surface area (Å²) < 4.78 is 11.9. The number of hydrogen-bond donors (Lipinski definition) is 0. The maximum Gasteiger partial charge on any atom is 0.163 e. The smallest absolute Gasteiger partial charge is 0.163 e. The van der Waals surface area contributed by atoms with Crippen molar-refractivity contribution in [1.29, 1.82) is 0 Å². The second-order valence-electron chi connectivity index (χ2n) is 5.93. The Hall–Kier alpha value is -0.410. The van der Waals surface area contributed by atoms with E-state index in [9.17, 15) is 4.79 Å². The lowest BCUT2D eigenvalue weighted by Crippen LogP contribution is -2.27. The lowest BCUT2D eigenvalue weighted by atomic mass is 9.90. The zero-order valence-corrected chi connectivity index (χ0v) is 10.1. The van der Waals surface area contributed by atoms with Crippen molar-refractivity contribution in [2.75, 3.05) is 0 Å². The molecule has 90 valence electrons. The van der Waals surface area contributed by atoms with Gasteiger partial charge in [0.2, 0.25) is 0 Å². The quantitative estimate of drug-likeness (QED) is 0.633. The first kappa shape index (κ1) is 10.7. The van der Waals surface area contributed by atoms with Crippen LogP contribution in [0.4, 0.5) is 0 Å². The number of carbonyl (C=O) groups excluding carboxylic acids is 1. The van der Waals surface area contributed by atoms with E-state index >= 15 is 0 Å². The summed E-state index contributed by atoms with van der Waals surface area (Å²) in [5.74, 6) is 1.09. The van der Waals surface area contributed by atoms with Gasteiger partial charge < -0.3 is 9.47 Å². The molecule has 0 unspecified atom stereocenters. The van der Waals surface area contributed by atoms with Gasteiger partial charge in [0.15, 0.2) is 5.79 Å². The first-order valence-electron chi connectivity index (χ1n) is 6.42. The van der Waals surface area contributed by atoms with Crippen molar-refractivity contribution in [2.24, 2.45) is 11.8 Å². The van der Waals surface area contributed by atoms with E-state index < -0.39 is 5.79 Å². The normalized spacial score (nSPS) is 46.2. The molecule has 1 saturated heterocycles. The molecule has 0 aromatic rings. The van der Waals surface area contributed by atoms with Crippen molar-refractivity contribution >= 4 is 5.78 Å². The summed E-state index contributed by atoms with van der Waals surface area (Å²) in [4.78, 5) is 11.6. The fourth-order valence-electron chi connectivity index (χ4n) is 3.71. The molecule has 3 rings (SSSR count). The Balaban J connectivity index is 1.78. The third-order valence-electron chi connectivity index (χ3n) is 4.27. The van der Waals surface area contributed by atoms with Gasteiger partial charge in [-0.15, -0.1) is 0 Å². The van der Waals surface area contributed by atoms with Crippen molar-refractivity contribution in [3.63, 3.8) is 0 Å². The molecule has 0 N–H and O–H groups in total. The summed E-state index contributed by atoms with van der Waals surface area (Å²) in [6.07, 6.45) is 5.19. The van der Waals surface area contributed by atoms with E-state index in [0.29, 0.717) is 17.6 Å². The lowest BCUT2D eigenvalue weighted by Gasteiger charge is -2.24. The van der Waals surface area contributed by atoms with Gasteiger partial charge in [0, 0.05) is 12.8 Å². The Morgan fingerprint density at radius 1 is 1.31 bits per heavy atom. The number of Topliss-reactive ketones (excluding diaryl/α,β-unsaturated/α-hetero) is 1. The fourth-order valence-corrected chi connectivity index (χ4v) is 3.71. The van der Waals surface area contributed by atoms with E-state index in [4.69, 9.17) is 9.47 Å². The second-order valence-corrected chi connectivity index (χ2v) is 5.93. The van der Waals surface area contributed by atoms with Crippen molar-refractivity contribution in [3.05, 3.63) is 0 Å². The Labute approximate surface area is 96.5 Å². The molecule has 3 fully saturated rings. The predicted molar refractivity (Wildman–Crippen MR) is 58.9 cm³/mol. The van der Waals surface area contributed by atoms with Gasteiger partial charge in [0.25, 0.3) is 0 Å². The van der Waals surface area contributed by atoms with E-state index in [2.05, 4.69) is 0 Å². The van der Waals surface area contributed by atoms with E-state index in [1.165, 1.54) is 0 Å². The van der Waals surface area contributed by atoms with Crippen LogP contribution in [0, 0.1) is 11.8 Å². The van der Waals surface area contributed by atoms with E-state index in [1.807, 2.05) is 13.8 Å². The van der Waals surface area contributed by atoms with Gasteiger partial charge in [0.05, 0.1) is 12.2 Å². The van der Waals surface area contributed by atoms with Crippen molar-refractivity contribution in [3.8, 4) is 0 Å². The van der Waals surface area contributed by atoms with Crippen LogP contribution < -0.4 is 0 Å². The summed E-state index contributed by atoms with van der Waals surface area (Å²) in [7, 11) is 0. The molecule has 1 aliphatic heterocycles. The van der Waals surface area contributed by atoms with Crippen LogP contribution in [-0.4, -0.2) is 23.8 Å². The van der Waals surface area contributed by atoms with Crippen molar-refractivity contribution < 1.29 is 14.3 Å². The SMILES string of the molecule is CC1(C)O[C@@H]2[C@H]3CCCC(=O)C[C@H]3C[C@@H]2O1. The molecular formula is C13H20O3. The molecule has 16 heavy (non-hydrogen) atoms. The zero-order chi connectivity index (χ0) is 11.3. The van der Waals surface area contributed by atoms with Crippen LogP contribution >= 0.6 is 0 Å². The molecule has 0 spiro atoms. The summed E-state index contributed by atoms with van der Waals surface area (Å²) in [6.45, 7) is 3.98. The topological polar surface area (TPSA) is 35.5 Å². The highest BCUT2D eigenvalue weighted by atomic mass is 16.8. The number of rotatable bonds is 0. The number of fused-ring (bicyclic) bond motifs is 3. The molecule has 3 aliphatic rings. The summed E-state index contributed by atoms with van der Waals surface area (Å²) in [5.41, 5.74) is 0. The minimum Gasteiger partial charge on any atom is -0.345 e. The third-order valence-corrected chi connectivity index (χ3v) is 4.27. The highest BCUT2D eigenvalue weighted by Crippen LogP contribution is 2.48. The number of carbonyl (C=O) groups is 1. The van der Waals surface area contributed by atoms with Gasteiger partial charge in [-0.2, -0.15) is 0 Å². The average Bonchev–Trinajstić information content (AvgIpc) is 2.53. The molecule has 2 aliphatic carbocycles. The largest absolute Gasteiger partial charge is 0.345 e. The third kappa shape index (κ3) is 1.70. The highest BCUT2D eigenvalue weighted by Gasteiger charge is 2.53. The molecule has 3 nitrogen and oxygen atoms in total. The molecule has 1 heterocycles. The number of hydrogen-bond acceptors (Lipinski definition) is 3. The van der Waals surface area contributed by atoms with Crippen LogP contribution in [0.3, 0.4) is 0 Å². The van der Waals surface area contributed by atoms with Crippen LogP contribution in [0.5, 0.6) is 0 Å². The predicted octanol–water partition coefficient (Wildman–Crippen LogP) is 2.29. The first-order chi connectivity index (χ1) is 7.55. The van der Waals surface area contributed by atoms with Gasteiger partial charge in [-0.25, -0.2) is 0 Å². The number of ether oxygens (including phenoxy) is 2. The maximum atomic E-state index is 11.6. The van der Waals surface area contributed by atoms with E-state index in [-0.39, 0.29) is 12.2 Å². The molecule has 4 atom stereocenters. The molecule has 3 heteroatoms. The summed E-state index contributed by atoms with van der Waals surface area (Å²) in [6, 6.07) is 0. The van der Waals surface area contributed by atoms with Gasteiger partial charge >= 0.3 is 0 Å². The lowest BCUT2D eigenvalue weighted by molar-refractivity contribution is -0.160.